The Balaban J connectivity index is 1.43. The second-order valence-electron chi connectivity index (χ2n) is 5.70. The van der Waals surface area contributed by atoms with Gasteiger partial charge in [0.15, 0.2) is 0 Å². The van der Waals surface area contributed by atoms with Gasteiger partial charge in [-0.25, -0.2) is 9.97 Å². The standard InChI is InChI=1S/C15H16N4OS/c20-14(11-2-5-21-10-11)18-6-12-8-19(9-13(12)7-18)15-16-3-1-4-17-15/h1-5,10,12-13H,6-9H2/t12-,13+. The number of hydrogen-bond donors (Lipinski definition) is 0. The van der Waals surface area contributed by atoms with Crippen molar-refractivity contribution in [3.05, 3.63) is 40.8 Å². The predicted octanol–water partition coefficient (Wildman–Crippen LogP) is 1.75. The van der Waals surface area contributed by atoms with E-state index in [0.717, 1.165) is 37.7 Å². The van der Waals surface area contributed by atoms with Crippen LogP contribution in [0.25, 0.3) is 0 Å². The van der Waals surface area contributed by atoms with Crippen molar-refractivity contribution < 1.29 is 4.79 Å². The minimum atomic E-state index is 0.174. The van der Waals surface area contributed by atoms with E-state index in [9.17, 15) is 4.79 Å². The fraction of sp³-hybridized carbons (Fsp3) is 0.400. The van der Waals surface area contributed by atoms with Crippen molar-refractivity contribution in [2.45, 2.75) is 0 Å². The Bertz CT molecular complexity index is 616. The van der Waals surface area contributed by atoms with Crippen molar-refractivity contribution in [3.63, 3.8) is 0 Å². The molecule has 21 heavy (non-hydrogen) atoms. The van der Waals surface area contributed by atoms with Crippen molar-refractivity contribution in [3.8, 4) is 0 Å². The number of thiophene rings is 1. The van der Waals surface area contributed by atoms with Crippen LogP contribution in [0.3, 0.4) is 0 Å². The van der Waals surface area contributed by atoms with Gasteiger partial charge in [-0.1, -0.05) is 0 Å². The largest absolute Gasteiger partial charge is 0.340 e. The predicted molar refractivity (Wildman–Crippen MR) is 81.4 cm³/mol. The maximum absolute atomic E-state index is 12.4. The van der Waals surface area contributed by atoms with Gasteiger partial charge in [0, 0.05) is 55.8 Å². The van der Waals surface area contributed by atoms with Crippen LogP contribution in [0.4, 0.5) is 5.95 Å². The highest BCUT2D eigenvalue weighted by Gasteiger charge is 2.42. The van der Waals surface area contributed by atoms with Gasteiger partial charge in [0.05, 0.1) is 5.56 Å². The SMILES string of the molecule is O=C(c1ccsc1)N1C[C@@H]2CN(c3ncccn3)C[C@@H]2C1. The Morgan fingerprint density at radius 3 is 2.48 bits per heavy atom. The van der Waals surface area contributed by atoms with Crippen molar-refractivity contribution in [2.75, 3.05) is 31.1 Å². The summed E-state index contributed by atoms with van der Waals surface area (Å²) in [5.74, 6) is 2.06. The lowest BCUT2D eigenvalue weighted by molar-refractivity contribution is 0.0783. The van der Waals surface area contributed by atoms with Gasteiger partial charge < -0.3 is 9.80 Å². The van der Waals surface area contributed by atoms with E-state index in [4.69, 9.17) is 0 Å². The van der Waals surface area contributed by atoms with Gasteiger partial charge in [0.25, 0.3) is 5.91 Å². The summed E-state index contributed by atoms with van der Waals surface area (Å²) in [6, 6.07) is 3.74. The lowest BCUT2D eigenvalue weighted by Gasteiger charge is -2.21. The summed E-state index contributed by atoms with van der Waals surface area (Å²) >= 11 is 1.57. The van der Waals surface area contributed by atoms with Crippen molar-refractivity contribution in [1.82, 2.24) is 14.9 Å². The molecule has 0 unspecified atom stereocenters. The number of carbonyl (C=O) groups is 1. The average Bonchev–Trinajstić information content (AvgIpc) is 3.23. The second kappa shape index (κ2) is 5.11. The molecular weight excluding hydrogens is 284 g/mol. The van der Waals surface area contributed by atoms with Gasteiger partial charge in [-0.15, -0.1) is 0 Å². The summed E-state index contributed by atoms with van der Waals surface area (Å²) in [6.07, 6.45) is 3.56. The molecule has 2 saturated heterocycles. The zero-order chi connectivity index (χ0) is 14.2. The normalized spacial score (nSPS) is 24.4. The lowest BCUT2D eigenvalue weighted by Crippen LogP contribution is -2.33. The number of nitrogens with zero attached hydrogens (tertiary/aromatic N) is 4. The first-order chi connectivity index (χ1) is 10.3. The molecule has 0 aromatic carbocycles. The van der Waals surface area contributed by atoms with Crippen molar-refractivity contribution in [2.24, 2.45) is 11.8 Å². The molecule has 0 spiro atoms. The monoisotopic (exact) mass is 300 g/mol. The van der Waals surface area contributed by atoms with Crippen LogP contribution in [0.15, 0.2) is 35.3 Å². The summed E-state index contributed by atoms with van der Waals surface area (Å²) in [7, 11) is 0. The van der Waals surface area contributed by atoms with E-state index in [1.54, 1.807) is 23.7 Å². The Hall–Kier alpha value is -1.95. The highest BCUT2D eigenvalue weighted by Crippen LogP contribution is 2.33. The number of likely N-dealkylation sites (tertiary alicyclic amines) is 1. The summed E-state index contributed by atoms with van der Waals surface area (Å²) in [5, 5.41) is 3.89. The Morgan fingerprint density at radius 1 is 1.14 bits per heavy atom. The minimum absolute atomic E-state index is 0.174. The number of carbonyl (C=O) groups excluding carboxylic acids is 1. The molecule has 0 saturated carbocycles. The Morgan fingerprint density at radius 2 is 1.86 bits per heavy atom. The van der Waals surface area contributed by atoms with Gasteiger partial charge in [0.1, 0.15) is 0 Å². The van der Waals surface area contributed by atoms with Crippen LogP contribution in [0.5, 0.6) is 0 Å². The number of amides is 1. The van der Waals surface area contributed by atoms with E-state index in [-0.39, 0.29) is 5.91 Å². The maximum atomic E-state index is 12.4. The fourth-order valence-corrected chi connectivity index (χ4v) is 3.98. The topological polar surface area (TPSA) is 49.3 Å². The molecule has 4 rings (SSSR count). The molecule has 6 heteroatoms. The summed E-state index contributed by atoms with van der Waals surface area (Å²) in [5.41, 5.74) is 0.822. The van der Waals surface area contributed by atoms with Crippen LogP contribution in [-0.2, 0) is 0 Å². The first kappa shape index (κ1) is 12.8. The first-order valence-electron chi connectivity index (χ1n) is 7.14. The Kier molecular flexibility index (Phi) is 3.11. The quantitative estimate of drug-likeness (QED) is 0.848. The van der Waals surface area contributed by atoms with E-state index in [0.29, 0.717) is 11.8 Å². The molecule has 4 heterocycles. The van der Waals surface area contributed by atoms with E-state index >= 15 is 0 Å². The van der Waals surface area contributed by atoms with E-state index in [2.05, 4.69) is 14.9 Å². The number of fused-ring (bicyclic) bond motifs is 1. The molecule has 108 valence electrons. The summed E-state index contributed by atoms with van der Waals surface area (Å²) in [4.78, 5) is 25.3. The molecule has 2 fully saturated rings. The molecule has 2 aliphatic heterocycles. The molecular formula is C15H16N4OS. The lowest BCUT2D eigenvalue weighted by atomic mass is 10.0. The van der Waals surface area contributed by atoms with Gasteiger partial charge in [-0.3, -0.25) is 4.79 Å². The van der Waals surface area contributed by atoms with Gasteiger partial charge in [-0.2, -0.15) is 11.3 Å². The molecule has 2 atom stereocenters. The molecule has 2 aliphatic rings. The van der Waals surface area contributed by atoms with Crippen LogP contribution < -0.4 is 4.90 Å². The minimum Gasteiger partial charge on any atom is -0.340 e. The number of rotatable bonds is 2. The van der Waals surface area contributed by atoms with E-state index in [1.165, 1.54) is 0 Å². The zero-order valence-corrected chi connectivity index (χ0v) is 12.4. The third-order valence-corrected chi connectivity index (χ3v) is 5.06. The van der Waals surface area contributed by atoms with Gasteiger partial charge in [-0.05, 0) is 17.5 Å². The number of anilines is 1. The summed E-state index contributed by atoms with van der Waals surface area (Å²) < 4.78 is 0. The fourth-order valence-electron chi connectivity index (χ4n) is 3.35. The van der Waals surface area contributed by atoms with Crippen LogP contribution in [0.2, 0.25) is 0 Å². The van der Waals surface area contributed by atoms with Crippen molar-refractivity contribution >= 4 is 23.2 Å². The molecule has 1 amide bonds. The van der Waals surface area contributed by atoms with E-state index < -0.39 is 0 Å². The van der Waals surface area contributed by atoms with Crippen LogP contribution in [-0.4, -0.2) is 47.0 Å². The third-order valence-electron chi connectivity index (χ3n) is 4.38. The first-order valence-corrected chi connectivity index (χ1v) is 8.09. The zero-order valence-electron chi connectivity index (χ0n) is 11.6. The van der Waals surface area contributed by atoms with Crippen LogP contribution >= 0.6 is 11.3 Å². The average molecular weight is 300 g/mol. The maximum Gasteiger partial charge on any atom is 0.254 e. The van der Waals surface area contributed by atoms with Crippen LogP contribution in [0.1, 0.15) is 10.4 Å². The Labute approximate surface area is 127 Å². The molecule has 5 nitrogen and oxygen atoms in total. The molecule has 0 N–H and O–H groups in total. The molecule has 0 bridgehead atoms. The smallest absolute Gasteiger partial charge is 0.254 e. The molecule has 2 aromatic rings. The highest BCUT2D eigenvalue weighted by atomic mass is 32.1. The molecule has 0 aliphatic carbocycles. The molecule has 2 aromatic heterocycles. The highest BCUT2D eigenvalue weighted by molar-refractivity contribution is 7.08. The number of aromatic nitrogens is 2. The van der Waals surface area contributed by atoms with E-state index in [1.807, 2.05) is 27.8 Å². The second-order valence-corrected chi connectivity index (χ2v) is 6.48. The third kappa shape index (κ3) is 2.29. The van der Waals surface area contributed by atoms with Gasteiger partial charge >= 0.3 is 0 Å². The molecule has 0 radical (unpaired) electrons. The van der Waals surface area contributed by atoms with Crippen molar-refractivity contribution in [1.29, 1.82) is 0 Å². The summed E-state index contributed by atoms with van der Waals surface area (Å²) in [6.45, 7) is 3.59. The number of hydrogen-bond acceptors (Lipinski definition) is 5. The van der Waals surface area contributed by atoms with Gasteiger partial charge in [0.2, 0.25) is 5.95 Å². The van der Waals surface area contributed by atoms with Crippen LogP contribution in [0, 0.1) is 11.8 Å².